The monoisotopic (exact) mass is 379 g/mol. The Bertz CT molecular complexity index is 926. The smallest absolute Gasteiger partial charge is 0.249 e. The van der Waals surface area contributed by atoms with Gasteiger partial charge in [-0.2, -0.15) is 10.1 Å². The first-order chi connectivity index (χ1) is 13.6. The third-order valence-electron chi connectivity index (χ3n) is 4.20. The zero-order chi connectivity index (χ0) is 19.9. The Morgan fingerprint density at radius 2 is 1.68 bits per heavy atom. The van der Waals surface area contributed by atoms with Gasteiger partial charge in [-0.3, -0.25) is 0 Å². The predicted molar refractivity (Wildman–Crippen MR) is 111 cm³/mol. The highest BCUT2D eigenvalue weighted by atomic mass is 16.5. The van der Waals surface area contributed by atoms with Crippen LogP contribution in [0.3, 0.4) is 0 Å². The van der Waals surface area contributed by atoms with Gasteiger partial charge < -0.3 is 20.1 Å². The summed E-state index contributed by atoms with van der Waals surface area (Å²) in [7, 11) is 3.27. The molecule has 0 bridgehead atoms. The number of benzene rings is 2. The quantitative estimate of drug-likeness (QED) is 0.614. The van der Waals surface area contributed by atoms with Crippen molar-refractivity contribution in [1.82, 2.24) is 15.2 Å². The average molecular weight is 379 g/mol. The zero-order valence-corrected chi connectivity index (χ0v) is 16.6. The van der Waals surface area contributed by atoms with Crippen LogP contribution in [0.4, 0.5) is 17.5 Å². The first kappa shape index (κ1) is 19.4. The summed E-state index contributed by atoms with van der Waals surface area (Å²) >= 11 is 0. The van der Waals surface area contributed by atoms with E-state index in [0.29, 0.717) is 18.3 Å². The molecule has 0 fully saturated rings. The number of methoxy groups -OCH3 is 2. The van der Waals surface area contributed by atoms with Crippen LogP contribution < -0.4 is 20.1 Å². The van der Waals surface area contributed by atoms with Crippen molar-refractivity contribution in [2.24, 2.45) is 0 Å². The molecule has 3 rings (SSSR count). The number of anilines is 3. The lowest BCUT2D eigenvalue weighted by atomic mass is 10.1. The Balaban J connectivity index is 1.60. The molecule has 28 heavy (non-hydrogen) atoms. The summed E-state index contributed by atoms with van der Waals surface area (Å²) in [6.07, 6.45) is 2.42. The third kappa shape index (κ3) is 5.09. The fourth-order valence-corrected chi connectivity index (χ4v) is 2.99. The molecule has 0 aliphatic heterocycles. The van der Waals surface area contributed by atoms with E-state index in [1.807, 2.05) is 30.3 Å². The Kier molecular flexibility index (Phi) is 6.26. The van der Waals surface area contributed by atoms with Crippen LogP contribution in [0.2, 0.25) is 0 Å². The van der Waals surface area contributed by atoms with Gasteiger partial charge in [-0.15, -0.1) is 5.10 Å². The molecule has 1 heterocycles. The molecule has 2 aromatic carbocycles. The molecule has 7 heteroatoms. The lowest BCUT2D eigenvalue weighted by Crippen LogP contribution is -2.09. The standard InChI is InChI=1S/C21H25N5O2/c1-14-9-15(2)11-17(10-14)24-21-25-20(13-23-26-21)22-8-7-16-5-6-18(27-3)19(12-16)28-4/h5-6,9-13H,7-8H2,1-4H3,(H2,22,24,25,26). The van der Waals surface area contributed by atoms with Gasteiger partial charge in [0.2, 0.25) is 5.95 Å². The van der Waals surface area contributed by atoms with Crippen molar-refractivity contribution in [3.05, 3.63) is 59.3 Å². The van der Waals surface area contributed by atoms with Crippen molar-refractivity contribution in [1.29, 1.82) is 0 Å². The van der Waals surface area contributed by atoms with E-state index in [1.54, 1.807) is 20.4 Å². The van der Waals surface area contributed by atoms with Crippen molar-refractivity contribution < 1.29 is 9.47 Å². The number of nitrogens with one attached hydrogen (secondary N) is 2. The second-order valence-corrected chi connectivity index (χ2v) is 6.53. The van der Waals surface area contributed by atoms with Gasteiger partial charge in [-0.05, 0) is 61.2 Å². The van der Waals surface area contributed by atoms with Crippen LogP contribution in [0, 0.1) is 13.8 Å². The summed E-state index contributed by atoms with van der Waals surface area (Å²) in [6, 6.07) is 12.1. The first-order valence-corrected chi connectivity index (χ1v) is 9.07. The molecule has 2 N–H and O–H groups in total. The number of hydrogen-bond acceptors (Lipinski definition) is 7. The average Bonchev–Trinajstić information content (AvgIpc) is 2.67. The van der Waals surface area contributed by atoms with Crippen molar-refractivity contribution in [3.63, 3.8) is 0 Å². The largest absolute Gasteiger partial charge is 0.493 e. The van der Waals surface area contributed by atoms with Crippen molar-refractivity contribution in [2.75, 3.05) is 31.4 Å². The molecule has 1 aromatic heterocycles. The second kappa shape index (κ2) is 9.03. The van der Waals surface area contributed by atoms with E-state index in [9.17, 15) is 0 Å². The van der Waals surface area contributed by atoms with E-state index in [0.717, 1.165) is 29.2 Å². The Morgan fingerprint density at radius 1 is 0.929 bits per heavy atom. The molecule has 146 valence electrons. The number of ether oxygens (including phenoxy) is 2. The second-order valence-electron chi connectivity index (χ2n) is 6.53. The fourth-order valence-electron chi connectivity index (χ4n) is 2.99. The van der Waals surface area contributed by atoms with E-state index in [2.05, 4.69) is 45.7 Å². The first-order valence-electron chi connectivity index (χ1n) is 9.07. The molecule has 0 radical (unpaired) electrons. The van der Waals surface area contributed by atoms with Crippen LogP contribution in [0.25, 0.3) is 0 Å². The highest BCUT2D eigenvalue weighted by Crippen LogP contribution is 2.27. The summed E-state index contributed by atoms with van der Waals surface area (Å²) in [4.78, 5) is 4.48. The number of hydrogen-bond donors (Lipinski definition) is 2. The summed E-state index contributed by atoms with van der Waals surface area (Å²) in [5, 5.41) is 14.6. The molecule has 3 aromatic rings. The topological polar surface area (TPSA) is 81.2 Å². The zero-order valence-electron chi connectivity index (χ0n) is 16.6. The predicted octanol–water partition coefficient (Wildman–Crippen LogP) is 3.90. The van der Waals surface area contributed by atoms with Crippen LogP contribution in [0.15, 0.2) is 42.6 Å². The van der Waals surface area contributed by atoms with Crippen LogP contribution in [-0.4, -0.2) is 35.9 Å². The SMILES string of the molecule is COc1ccc(CCNc2cnnc(Nc3cc(C)cc(C)c3)n2)cc1OC. The van der Waals surface area contributed by atoms with Gasteiger partial charge >= 0.3 is 0 Å². The van der Waals surface area contributed by atoms with Crippen LogP contribution in [0.5, 0.6) is 11.5 Å². The van der Waals surface area contributed by atoms with Gasteiger partial charge in [-0.25, -0.2) is 0 Å². The molecule has 7 nitrogen and oxygen atoms in total. The summed E-state index contributed by atoms with van der Waals surface area (Å²) in [6.45, 7) is 4.82. The molecule has 0 aliphatic carbocycles. The van der Waals surface area contributed by atoms with Gasteiger partial charge in [0.25, 0.3) is 0 Å². The molecule has 0 unspecified atom stereocenters. The lowest BCUT2D eigenvalue weighted by molar-refractivity contribution is 0.354. The summed E-state index contributed by atoms with van der Waals surface area (Å²) in [5.41, 5.74) is 4.45. The molecular weight excluding hydrogens is 354 g/mol. The van der Waals surface area contributed by atoms with E-state index in [-0.39, 0.29) is 0 Å². The van der Waals surface area contributed by atoms with E-state index < -0.39 is 0 Å². The molecular formula is C21H25N5O2. The van der Waals surface area contributed by atoms with Crippen molar-refractivity contribution in [3.8, 4) is 11.5 Å². The van der Waals surface area contributed by atoms with Gasteiger partial charge in [-0.1, -0.05) is 12.1 Å². The Hall–Kier alpha value is -3.35. The normalized spacial score (nSPS) is 10.4. The molecule has 0 aliphatic rings. The molecule has 0 saturated heterocycles. The van der Waals surface area contributed by atoms with Crippen LogP contribution in [0.1, 0.15) is 16.7 Å². The minimum absolute atomic E-state index is 0.459. The lowest BCUT2D eigenvalue weighted by Gasteiger charge is -2.11. The van der Waals surface area contributed by atoms with Crippen molar-refractivity contribution >= 4 is 17.5 Å². The number of rotatable bonds is 8. The molecule has 0 saturated carbocycles. The summed E-state index contributed by atoms with van der Waals surface area (Å²) in [5.74, 6) is 2.58. The highest BCUT2D eigenvalue weighted by Gasteiger charge is 2.06. The minimum atomic E-state index is 0.459. The maximum Gasteiger partial charge on any atom is 0.249 e. The maximum absolute atomic E-state index is 5.35. The minimum Gasteiger partial charge on any atom is -0.493 e. The molecule has 0 atom stereocenters. The number of aromatic nitrogens is 3. The highest BCUT2D eigenvalue weighted by molar-refractivity contribution is 5.56. The van der Waals surface area contributed by atoms with Crippen LogP contribution >= 0.6 is 0 Å². The Labute approximate surface area is 165 Å². The van der Waals surface area contributed by atoms with Gasteiger partial charge in [0.15, 0.2) is 17.3 Å². The number of aryl methyl sites for hydroxylation is 2. The number of nitrogens with zero attached hydrogens (tertiary/aromatic N) is 3. The Morgan fingerprint density at radius 3 is 2.39 bits per heavy atom. The van der Waals surface area contributed by atoms with E-state index in [1.165, 1.54) is 11.1 Å². The summed E-state index contributed by atoms with van der Waals surface area (Å²) < 4.78 is 10.6. The van der Waals surface area contributed by atoms with Crippen LogP contribution in [-0.2, 0) is 6.42 Å². The molecule has 0 amide bonds. The van der Waals surface area contributed by atoms with E-state index in [4.69, 9.17) is 9.47 Å². The van der Waals surface area contributed by atoms with Gasteiger partial charge in [0.05, 0.1) is 20.4 Å². The van der Waals surface area contributed by atoms with E-state index >= 15 is 0 Å². The van der Waals surface area contributed by atoms with Gasteiger partial charge in [0, 0.05) is 12.2 Å². The third-order valence-corrected chi connectivity index (χ3v) is 4.20. The maximum atomic E-state index is 5.35. The van der Waals surface area contributed by atoms with Gasteiger partial charge in [0.1, 0.15) is 0 Å². The molecule has 0 spiro atoms. The van der Waals surface area contributed by atoms with Crippen molar-refractivity contribution in [2.45, 2.75) is 20.3 Å². The fraction of sp³-hybridized carbons (Fsp3) is 0.286.